The predicted molar refractivity (Wildman–Crippen MR) is 127 cm³/mol. The zero-order valence-electron chi connectivity index (χ0n) is 19.6. The van der Waals surface area contributed by atoms with E-state index in [4.69, 9.17) is 0 Å². The topological polar surface area (TPSA) is 83.9 Å². The summed E-state index contributed by atoms with van der Waals surface area (Å²) < 4.78 is 42.5. The Morgan fingerprint density at radius 1 is 1.14 bits per heavy atom. The van der Waals surface area contributed by atoms with Gasteiger partial charge in [0.1, 0.15) is 11.4 Å². The van der Waals surface area contributed by atoms with E-state index in [0.717, 1.165) is 22.4 Å². The van der Waals surface area contributed by atoms with Gasteiger partial charge in [-0.1, -0.05) is 36.4 Å². The molecule has 186 valence electrons. The summed E-state index contributed by atoms with van der Waals surface area (Å²) in [7, 11) is 0. The van der Waals surface area contributed by atoms with E-state index in [0.29, 0.717) is 13.1 Å². The van der Waals surface area contributed by atoms with Crippen molar-refractivity contribution in [3.05, 3.63) is 77.7 Å². The third-order valence-corrected chi connectivity index (χ3v) is 5.99. The summed E-state index contributed by atoms with van der Waals surface area (Å²) in [5.41, 5.74) is 1.12. The highest BCUT2D eigenvalue weighted by Gasteiger charge is 2.47. The van der Waals surface area contributed by atoms with Crippen molar-refractivity contribution in [3.8, 4) is 0 Å². The van der Waals surface area contributed by atoms with Crippen LogP contribution in [0, 0.1) is 0 Å². The average Bonchev–Trinajstić information content (AvgIpc) is 3.26. The van der Waals surface area contributed by atoms with E-state index in [1.54, 1.807) is 30.5 Å². The number of carbonyl (C=O) groups is 1. The van der Waals surface area contributed by atoms with Gasteiger partial charge in [-0.15, -0.1) is 0 Å². The fraction of sp³-hybridized carbons (Fsp3) is 0.400. The summed E-state index contributed by atoms with van der Waals surface area (Å²) in [6, 6.07) is 12.2. The Labute approximate surface area is 202 Å². The van der Waals surface area contributed by atoms with Crippen LogP contribution >= 0.6 is 0 Å². The van der Waals surface area contributed by atoms with Crippen molar-refractivity contribution in [2.75, 3.05) is 18.4 Å². The van der Waals surface area contributed by atoms with Crippen molar-refractivity contribution in [1.82, 2.24) is 25.4 Å². The number of nitrogens with one attached hydrogen (secondary N) is 3. The maximum absolute atomic E-state index is 13.9. The lowest BCUT2D eigenvalue weighted by Crippen LogP contribution is -2.50. The van der Waals surface area contributed by atoms with Gasteiger partial charge in [-0.25, -0.2) is 4.68 Å². The smallest absolute Gasteiger partial charge is 0.363 e. The molecule has 1 aliphatic heterocycles. The normalized spacial score (nSPS) is 18.0. The van der Waals surface area contributed by atoms with E-state index in [1.165, 1.54) is 6.20 Å². The lowest BCUT2D eigenvalue weighted by molar-refractivity contribution is -0.173. The molecule has 0 unspecified atom stereocenters. The molecule has 3 heterocycles. The number of alkyl halides is 3. The zero-order valence-corrected chi connectivity index (χ0v) is 19.6. The summed E-state index contributed by atoms with van der Waals surface area (Å²) in [5.74, 6) is -0.409. The van der Waals surface area contributed by atoms with Gasteiger partial charge >= 0.3 is 6.18 Å². The minimum Gasteiger partial charge on any atom is -0.363 e. The first-order valence-electron chi connectivity index (χ1n) is 11.5. The summed E-state index contributed by atoms with van der Waals surface area (Å²) in [5, 5.41) is 13.3. The molecule has 2 aromatic heterocycles. The molecule has 0 aliphatic carbocycles. The van der Waals surface area contributed by atoms with E-state index in [9.17, 15) is 18.0 Å². The highest BCUT2D eigenvalue weighted by atomic mass is 19.4. The summed E-state index contributed by atoms with van der Waals surface area (Å²) in [6.45, 7) is 4.86. The number of rotatable bonds is 8. The van der Waals surface area contributed by atoms with Crippen molar-refractivity contribution in [2.24, 2.45) is 0 Å². The number of aromatic nitrogens is 3. The van der Waals surface area contributed by atoms with E-state index in [1.807, 2.05) is 38.1 Å². The molecule has 0 radical (unpaired) electrons. The first-order valence-corrected chi connectivity index (χ1v) is 11.5. The van der Waals surface area contributed by atoms with Crippen LogP contribution in [0.25, 0.3) is 0 Å². The molecule has 3 N–H and O–H groups in total. The second-order valence-corrected chi connectivity index (χ2v) is 9.34. The Bertz CT molecular complexity index is 1130. The molecule has 0 spiro atoms. The summed E-state index contributed by atoms with van der Waals surface area (Å²) >= 11 is 0. The van der Waals surface area contributed by atoms with Gasteiger partial charge in [-0.05, 0) is 31.5 Å². The molecule has 7 nitrogen and oxygen atoms in total. The standard InChI is InChI=1S/C25H29F3N6O/c1-24(2,16-29-13-11-18-10-6-7-12-30-18)33-23(35)19-15-31-34-21(25(26,27)28)14-20(32-22(19)34)17-8-4-3-5-9-17/h3-10,12,15,20-21,29,32H,11,13-14,16H2,1-2H3,(H,33,35)/t20-,21+/m1/s1. The average molecular weight is 487 g/mol. The Morgan fingerprint density at radius 3 is 2.57 bits per heavy atom. The van der Waals surface area contributed by atoms with Crippen LogP contribution < -0.4 is 16.0 Å². The minimum absolute atomic E-state index is 0.0730. The quantitative estimate of drug-likeness (QED) is 0.414. The van der Waals surface area contributed by atoms with Crippen LogP contribution in [0.2, 0.25) is 0 Å². The highest BCUT2D eigenvalue weighted by Crippen LogP contribution is 2.44. The molecule has 0 saturated carbocycles. The Hall–Kier alpha value is -3.40. The number of pyridine rings is 1. The minimum atomic E-state index is -4.50. The highest BCUT2D eigenvalue weighted by molar-refractivity contribution is 5.99. The molecular weight excluding hydrogens is 457 g/mol. The molecule has 3 aromatic rings. The zero-order chi connectivity index (χ0) is 25.1. The van der Waals surface area contributed by atoms with Crippen LogP contribution in [0.4, 0.5) is 19.0 Å². The molecular formula is C25H29F3N6O. The fourth-order valence-electron chi connectivity index (χ4n) is 4.21. The number of benzene rings is 1. The molecule has 10 heteroatoms. The molecule has 0 fully saturated rings. The van der Waals surface area contributed by atoms with Crippen molar-refractivity contribution >= 4 is 11.7 Å². The third-order valence-electron chi connectivity index (χ3n) is 5.99. The molecule has 4 rings (SSSR count). The molecule has 35 heavy (non-hydrogen) atoms. The van der Waals surface area contributed by atoms with Gasteiger partial charge < -0.3 is 16.0 Å². The van der Waals surface area contributed by atoms with Gasteiger partial charge in [0, 0.05) is 43.4 Å². The van der Waals surface area contributed by atoms with Gasteiger partial charge in [0.05, 0.1) is 12.2 Å². The van der Waals surface area contributed by atoms with E-state index in [2.05, 4.69) is 26.0 Å². The number of hydrogen-bond acceptors (Lipinski definition) is 5. The van der Waals surface area contributed by atoms with Crippen LogP contribution in [0.1, 0.15) is 54.0 Å². The Balaban J connectivity index is 1.45. The van der Waals surface area contributed by atoms with Gasteiger partial charge in [0.25, 0.3) is 5.91 Å². The Morgan fingerprint density at radius 2 is 1.89 bits per heavy atom. The van der Waals surface area contributed by atoms with Crippen LogP contribution in [0.3, 0.4) is 0 Å². The molecule has 2 atom stereocenters. The fourth-order valence-corrected chi connectivity index (χ4v) is 4.21. The van der Waals surface area contributed by atoms with Crippen molar-refractivity contribution in [2.45, 2.75) is 50.5 Å². The monoisotopic (exact) mass is 486 g/mol. The van der Waals surface area contributed by atoms with Crippen molar-refractivity contribution < 1.29 is 18.0 Å². The molecule has 1 aliphatic rings. The van der Waals surface area contributed by atoms with E-state index < -0.39 is 29.7 Å². The number of hydrogen-bond donors (Lipinski definition) is 3. The maximum Gasteiger partial charge on any atom is 0.410 e. The lowest BCUT2D eigenvalue weighted by Gasteiger charge is -2.34. The van der Waals surface area contributed by atoms with Crippen LogP contribution in [0.5, 0.6) is 0 Å². The van der Waals surface area contributed by atoms with E-state index in [-0.39, 0.29) is 17.8 Å². The molecule has 0 bridgehead atoms. The van der Waals surface area contributed by atoms with Crippen molar-refractivity contribution in [3.63, 3.8) is 0 Å². The number of halogens is 3. The first-order chi connectivity index (χ1) is 16.6. The largest absolute Gasteiger partial charge is 0.410 e. The number of carbonyl (C=O) groups excluding carboxylic acids is 1. The van der Waals surface area contributed by atoms with Crippen LogP contribution in [-0.4, -0.2) is 45.5 Å². The predicted octanol–water partition coefficient (Wildman–Crippen LogP) is 4.28. The second kappa shape index (κ2) is 10.1. The third kappa shape index (κ3) is 6.00. The van der Waals surface area contributed by atoms with Crippen molar-refractivity contribution in [1.29, 1.82) is 0 Å². The number of anilines is 1. The summed E-state index contributed by atoms with van der Waals surface area (Å²) in [4.78, 5) is 17.4. The molecule has 1 amide bonds. The number of fused-ring (bicyclic) bond motifs is 1. The Kier molecular flexibility index (Phi) is 7.11. The van der Waals surface area contributed by atoms with Crippen LogP contribution in [0.15, 0.2) is 60.9 Å². The van der Waals surface area contributed by atoms with Crippen LogP contribution in [-0.2, 0) is 6.42 Å². The lowest BCUT2D eigenvalue weighted by atomic mass is 9.96. The molecule has 0 saturated heterocycles. The van der Waals surface area contributed by atoms with Gasteiger partial charge in [-0.3, -0.25) is 9.78 Å². The number of amides is 1. The SMILES string of the molecule is CC(C)(CNCCc1ccccn1)NC(=O)c1cnn2c1N[C@@H](c1ccccc1)C[C@H]2C(F)(F)F. The van der Waals surface area contributed by atoms with Gasteiger partial charge in [0.2, 0.25) is 0 Å². The van der Waals surface area contributed by atoms with E-state index >= 15 is 0 Å². The summed E-state index contributed by atoms with van der Waals surface area (Å²) in [6.07, 6.45) is -1.03. The molecule has 1 aromatic carbocycles. The van der Waals surface area contributed by atoms with Gasteiger partial charge in [0.15, 0.2) is 6.04 Å². The first kappa shape index (κ1) is 24.7. The second-order valence-electron chi connectivity index (χ2n) is 9.34. The maximum atomic E-state index is 13.9. The van der Waals surface area contributed by atoms with Gasteiger partial charge in [-0.2, -0.15) is 18.3 Å². The number of nitrogens with zero attached hydrogens (tertiary/aromatic N) is 3.